The van der Waals surface area contributed by atoms with E-state index in [-0.39, 0.29) is 11.8 Å². The van der Waals surface area contributed by atoms with Crippen LogP contribution in [-0.2, 0) is 9.53 Å². The second kappa shape index (κ2) is 15.9. The van der Waals surface area contributed by atoms with Gasteiger partial charge in [-0.1, -0.05) is 45.2 Å². The van der Waals surface area contributed by atoms with Gasteiger partial charge >= 0.3 is 0 Å². The van der Waals surface area contributed by atoms with Crippen molar-refractivity contribution in [3.63, 3.8) is 0 Å². The van der Waals surface area contributed by atoms with Crippen LogP contribution >= 0.6 is 0 Å². The van der Waals surface area contributed by atoms with Gasteiger partial charge in [0, 0.05) is 38.0 Å². The number of nitrogens with zero attached hydrogens (tertiary/aromatic N) is 1. The molecule has 1 aliphatic carbocycles. The van der Waals surface area contributed by atoms with E-state index in [2.05, 4.69) is 46.8 Å². The number of carbonyl (C=O) groups excluding carboxylic acids is 2. The average molecular weight is 579 g/mol. The van der Waals surface area contributed by atoms with Crippen LogP contribution in [0.5, 0.6) is 5.75 Å². The molecule has 0 aromatic heterocycles. The molecule has 2 aromatic carbocycles. The Morgan fingerprint density at radius 3 is 2.29 bits per heavy atom. The minimum absolute atomic E-state index is 0.0911. The number of hydrogen-bond donors (Lipinski definition) is 3. The summed E-state index contributed by atoms with van der Waals surface area (Å²) in [6.07, 6.45) is 6.50. The summed E-state index contributed by atoms with van der Waals surface area (Å²) < 4.78 is 11.0. The lowest BCUT2D eigenvalue weighted by Gasteiger charge is -2.36. The number of carbonyl (C=O) groups is 2. The first-order valence-corrected chi connectivity index (χ1v) is 15.8. The minimum atomic E-state index is -0.863. The quantitative estimate of drug-likeness (QED) is 0.267. The summed E-state index contributed by atoms with van der Waals surface area (Å²) in [5, 5.41) is 9.59. The summed E-state index contributed by atoms with van der Waals surface area (Å²) in [5.74, 6) is 1.58. The van der Waals surface area contributed by atoms with E-state index in [1.165, 1.54) is 5.56 Å². The van der Waals surface area contributed by atoms with Crippen molar-refractivity contribution < 1.29 is 19.1 Å². The molecule has 3 N–H and O–H groups in total. The summed E-state index contributed by atoms with van der Waals surface area (Å²) in [6, 6.07) is 15.9. The Hall–Kier alpha value is -3.10. The molecule has 4 rings (SSSR count). The molecule has 2 fully saturated rings. The molecule has 1 saturated carbocycles. The van der Waals surface area contributed by atoms with Gasteiger partial charge in [-0.05, 0) is 92.6 Å². The Balaban J connectivity index is 1.26. The molecule has 2 aliphatic rings. The zero-order valence-corrected chi connectivity index (χ0v) is 25.8. The summed E-state index contributed by atoms with van der Waals surface area (Å²) in [6.45, 7) is 9.91. The highest BCUT2D eigenvalue weighted by Crippen LogP contribution is 2.30. The second-order valence-corrected chi connectivity index (χ2v) is 12.2. The number of benzene rings is 2. The molecule has 0 atom stereocenters. The smallest absolute Gasteiger partial charge is 0.252 e. The third-order valence-electron chi connectivity index (χ3n) is 8.52. The SMILES string of the molecule is COCCN1CCC(c2ccc(C(=O)NC3(C(=O)NCCNc4ccc(OCC(C)C)cc4)CCCCC3)cc2)CC1. The first-order chi connectivity index (χ1) is 20.4. The molecule has 0 radical (unpaired) electrons. The maximum atomic E-state index is 13.4. The molecule has 8 heteroatoms. The molecule has 1 saturated heterocycles. The zero-order valence-electron chi connectivity index (χ0n) is 25.8. The topological polar surface area (TPSA) is 91.9 Å². The number of anilines is 1. The van der Waals surface area contributed by atoms with Gasteiger partial charge in [0.25, 0.3) is 5.91 Å². The average Bonchev–Trinajstić information content (AvgIpc) is 3.02. The van der Waals surface area contributed by atoms with Crippen LogP contribution in [0.2, 0.25) is 0 Å². The maximum Gasteiger partial charge on any atom is 0.252 e. The lowest BCUT2D eigenvalue weighted by atomic mass is 9.80. The van der Waals surface area contributed by atoms with Crippen molar-refractivity contribution in [2.24, 2.45) is 5.92 Å². The molecule has 8 nitrogen and oxygen atoms in total. The molecule has 2 amide bonds. The van der Waals surface area contributed by atoms with Crippen molar-refractivity contribution in [2.45, 2.75) is 70.3 Å². The largest absolute Gasteiger partial charge is 0.493 e. The lowest BCUT2D eigenvalue weighted by Crippen LogP contribution is -2.60. The monoisotopic (exact) mass is 578 g/mol. The molecule has 0 unspecified atom stereocenters. The van der Waals surface area contributed by atoms with Crippen LogP contribution in [0.1, 0.15) is 80.6 Å². The third kappa shape index (κ3) is 9.20. The molecular formula is C34H50N4O4. The van der Waals surface area contributed by atoms with Crippen LogP contribution in [0.3, 0.4) is 0 Å². The van der Waals surface area contributed by atoms with Crippen LogP contribution in [0, 0.1) is 5.92 Å². The Kier molecular flexibility index (Phi) is 12.1. The molecule has 0 bridgehead atoms. The number of methoxy groups -OCH3 is 1. The molecule has 0 spiro atoms. The van der Waals surface area contributed by atoms with Gasteiger partial charge in [0.05, 0.1) is 13.2 Å². The van der Waals surface area contributed by atoms with Crippen molar-refractivity contribution in [1.29, 1.82) is 0 Å². The fraction of sp³-hybridized carbons (Fsp3) is 0.588. The highest BCUT2D eigenvalue weighted by molar-refractivity contribution is 5.99. The van der Waals surface area contributed by atoms with Crippen LogP contribution in [0.15, 0.2) is 48.5 Å². The predicted octanol–water partition coefficient (Wildman–Crippen LogP) is 5.21. The van der Waals surface area contributed by atoms with E-state index in [9.17, 15) is 9.59 Å². The van der Waals surface area contributed by atoms with E-state index in [0.29, 0.717) is 49.9 Å². The van der Waals surface area contributed by atoms with Crippen LogP contribution in [-0.4, -0.2) is 75.3 Å². The van der Waals surface area contributed by atoms with E-state index in [4.69, 9.17) is 9.47 Å². The maximum absolute atomic E-state index is 13.4. The van der Waals surface area contributed by atoms with E-state index < -0.39 is 5.54 Å². The van der Waals surface area contributed by atoms with Gasteiger partial charge in [-0.2, -0.15) is 0 Å². The van der Waals surface area contributed by atoms with Crippen LogP contribution in [0.4, 0.5) is 5.69 Å². The number of likely N-dealkylation sites (tertiary alicyclic amines) is 1. The fourth-order valence-electron chi connectivity index (χ4n) is 5.95. The van der Waals surface area contributed by atoms with Gasteiger partial charge in [0.1, 0.15) is 11.3 Å². The highest BCUT2D eigenvalue weighted by Gasteiger charge is 2.40. The summed E-state index contributed by atoms with van der Waals surface area (Å²) in [5.41, 5.74) is 2.00. The first kappa shape index (κ1) is 31.8. The molecular weight excluding hydrogens is 528 g/mol. The van der Waals surface area contributed by atoms with Gasteiger partial charge in [-0.3, -0.25) is 9.59 Å². The number of amides is 2. The van der Waals surface area contributed by atoms with Gasteiger partial charge in [-0.15, -0.1) is 0 Å². The fourth-order valence-corrected chi connectivity index (χ4v) is 5.95. The molecule has 2 aromatic rings. The van der Waals surface area contributed by atoms with E-state index >= 15 is 0 Å². The van der Waals surface area contributed by atoms with Crippen LogP contribution < -0.4 is 20.7 Å². The molecule has 1 heterocycles. The van der Waals surface area contributed by atoms with Crippen molar-refractivity contribution in [1.82, 2.24) is 15.5 Å². The highest BCUT2D eigenvalue weighted by atomic mass is 16.5. The predicted molar refractivity (Wildman–Crippen MR) is 168 cm³/mol. The zero-order chi connectivity index (χ0) is 29.8. The summed E-state index contributed by atoms with van der Waals surface area (Å²) >= 11 is 0. The summed E-state index contributed by atoms with van der Waals surface area (Å²) in [7, 11) is 1.75. The number of piperidine rings is 1. The standard InChI is InChI=1S/C34H50N4O4/c1-26(2)25-42-31-13-11-30(12-14-31)35-19-20-36-33(40)34(17-5-4-6-18-34)37-32(39)29-9-7-27(8-10-29)28-15-21-38(22-16-28)23-24-41-3/h7-14,26,28,35H,4-6,15-25H2,1-3H3,(H,36,40)(H,37,39). The van der Waals surface area contributed by atoms with Gasteiger partial charge < -0.3 is 30.3 Å². The van der Waals surface area contributed by atoms with E-state index in [0.717, 1.165) is 69.8 Å². The van der Waals surface area contributed by atoms with Gasteiger partial charge in [0.2, 0.25) is 5.91 Å². The van der Waals surface area contributed by atoms with Gasteiger partial charge in [-0.25, -0.2) is 0 Å². The van der Waals surface area contributed by atoms with Crippen molar-refractivity contribution >= 4 is 17.5 Å². The second-order valence-electron chi connectivity index (χ2n) is 12.2. The molecule has 230 valence electrons. The summed E-state index contributed by atoms with van der Waals surface area (Å²) in [4.78, 5) is 29.2. The van der Waals surface area contributed by atoms with Crippen molar-refractivity contribution in [3.05, 3.63) is 59.7 Å². The number of rotatable bonds is 14. The number of hydrogen-bond acceptors (Lipinski definition) is 6. The minimum Gasteiger partial charge on any atom is -0.493 e. The number of nitrogens with one attached hydrogen (secondary N) is 3. The Morgan fingerprint density at radius 2 is 1.64 bits per heavy atom. The molecule has 1 aliphatic heterocycles. The lowest BCUT2D eigenvalue weighted by molar-refractivity contribution is -0.128. The Morgan fingerprint density at radius 1 is 0.952 bits per heavy atom. The third-order valence-corrected chi connectivity index (χ3v) is 8.52. The van der Waals surface area contributed by atoms with E-state index in [1.807, 2.05) is 36.4 Å². The van der Waals surface area contributed by atoms with Gasteiger partial charge in [0.15, 0.2) is 0 Å². The Bertz CT molecular complexity index is 1110. The first-order valence-electron chi connectivity index (χ1n) is 15.8. The number of ether oxygens (including phenoxy) is 2. The van der Waals surface area contributed by atoms with E-state index in [1.54, 1.807) is 7.11 Å². The Labute approximate surface area is 251 Å². The molecule has 42 heavy (non-hydrogen) atoms. The van der Waals surface area contributed by atoms with Crippen molar-refractivity contribution in [2.75, 3.05) is 58.4 Å². The van der Waals surface area contributed by atoms with Crippen molar-refractivity contribution in [3.8, 4) is 5.75 Å². The normalized spacial score (nSPS) is 17.5. The van der Waals surface area contributed by atoms with Crippen LogP contribution in [0.25, 0.3) is 0 Å².